The van der Waals surface area contributed by atoms with Crippen LogP contribution in [0.1, 0.15) is 6.92 Å². The summed E-state index contributed by atoms with van der Waals surface area (Å²) in [5.41, 5.74) is 0. The summed E-state index contributed by atoms with van der Waals surface area (Å²) in [5.74, 6) is -0.187. The maximum absolute atomic E-state index is 12.3. The molecule has 2 aromatic carbocycles. The lowest BCUT2D eigenvalue weighted by atomic mass is 10.1. The molecule has 7 heteroatoms. The Bertz CT molecular complexity index is 701. The standard InChI is InChI=1S/C14H15ClNO4P/c1-10(14(17)19-2)16-21(15,18)20-13-9-5-7-11-6-3-4-8-12(11)13/h3-10H,1-2H3,(H,16,18)/t10-,21-/m0/s1. The minimum absolute atomic E-state index is 0.385. The first-order valence-corrected chi connectivity index (χ1v) is 8.78. The highest BCUT2D eigenvalue weighted by Crippen LogP contribution is 2.49. The lowest BCUT2D eigenvalue weighted by molar-refractivity contribution is -0.142. The molecule has 0 spiro atoms. The minimum atomic E-state index is -3.72. The molecule has 0 radical (unpaired) electrons. The lowest BCUT2D eigenvalue weighted by Gasteiger charge is -2.18. The number of hydrogen-bond donors (Lipinski definition) is 1. The van der Waals surface area contributed by atoms with E-state index in [-0.39, 0.29) is 0 Å². The molecular formula is C14H15ClNO4P. The maximum atomic E-state index is 12.3. The quantitative estimate of drug-likeness (QED) is 0.670. The zero-order valence-corrected chi connectivity index (χ0v) is 13.2. The van der Waals surface area contributed by atoms with Crippen LogP contribution < -0.4 is 9.61 Å². The van der Waals surface area contributed by atoms with Crippen molar-refractivity contribution in [2.45, 2.75) is 13.0 Å². The minimum Gasteiger partial charge on any atom is -0.468 e. The van der Waals surface area contributed by atoms with Gasteiger partial charge >= 0.3 is 12.8 Å². The second-order valence-electron chi connectivity index (χ2n) is 4.42. The Morgan fingerprint density at radius 1 is 1.24 bits per heavy atom. The second kappa shape index (κ2) is 6.48. The molecular weight excluding hydrogens is 313 g/mol. The van der Waals surface area contributed by atoms with Crippen molar-refractivity contribution < 1.29 is 18.6 Å². The van der Waals surface area contributed by atoms with Crippen LogP contribution >= 0.6 is 18.1 Å². The van der Waals surface area contributed by atoms with Crippen molar-refractivity contribution in [3.63, 3.8) is 0 Å². The van der Waals surface area contributed by atoms with Crippen LogP contribution in [0.3, 0.4) is 0 Å². The van der Waals surface area contributed by atoms with Crippen molar-refractivity contribution in [2.75, 3.05) is 7.11 Å². The van der Waals surface area contributed by atoms with Crippen molar-refractivity contribution in [2.24, 2.45) is 0 Å². The Morgan fingerprint density at radius 2 is 1.90 bits per heavy atom. The van der Waals surface area contributed by atoms with Gasteiger partial charge in [-0.3, -0.25) is 4.79 Å². The molecule has 0 saturated heterocycles. The fraction of sp³-hybridized carbons (Fsp3) is 0.214. The van der Waals surface area contributed by atoms with E-state index < -0.39 is 18.9 Å². The van der Waals surface area contributed by atoms with Crippen LogP contribution in [0.2, 0.25) is 0 Å². The summed E-state index contributed by atoms with van der Waals surface area (Å²) in [7, 11) is 1.24. The molecule has 0 heterocycles. The van der Waals surface area contributed by atoms with Gasteiger partial charge in [0, 0.05) is 16.6 Å². The molecule has 0 aromatic heterocycles. The first kappa shape index (κ1) is 15.8. The molecule has 2 aromatic rings. The molecule has 1 N–H and O–H groups in total. The van der Waals surface area contributed by atoms with Gasteiger partial charge in [-0.25, -0.2) is 9.65 Å². The van der Waals surface area contributed by atoms with Crippen LogP contribution in [0, 0.1) is 0 Å². The van der Waals surface area contributed by atoms with E-state index in [1.54, 1.807) is 12.1 Å². The Hall–Kier alpha value is -1.55. The van der Waals surface area contributed by atoms with Crippen LogP contribution in [-0.2, 0) is 14.1 Å². The third-order valence-corrected chi connectivity index (χ3v) is 4.50. The highest BCUT2D eigenvalue weighted by atomic mass is 35.7. The van der Waals surface area contributed by atoms with E-state index in [0.29, 0.717) is 5.75 Å². The number of methoxy groups -OCH3 is 1. The fourth-order valence-electron chi connectivity index (χ4n) is 1.89. The van der Waals surface area contributed by atoms with Gasteiger partial charge in [0.25, 0.3) is 0 Å². The molecule has 2 rings (SSSR count). The molecule has 21 heavy (non-hydrogen) atoms. The van der Waals surface area contributed by atoms with Crippen molar-refractivity contribution in [3.05, 3.63) is 42.5 Å². The van der Waals surface area contributed by atoms with Crippen LogP contribution in [-0.4, -0.2) is 19.1 Å². The number of carbonyl (C=O) groups excluding carboxylic acids is 1. The predicted octanol–water partition coefficient (Wildman–Crippen LogP) is 3.72. The molecule has 0 saturated carbocycles. The number of benzene rings is 2. The molecule has 0 unspecified atom stereocenters. The first-order valence-electron chi connectivity index (χ1n) is 6.25. The fourth-order valence-corrected chi connectivity index (χ4v) is 3.58. The summed E-state index contributed by atoms with van der Waals surface area (Å²) in [6.07, 6.45) is 0. The van der Waals surface area contributed by atoms with Crippen LogP contribution in [0.15, 0.2) is 42.5 Å². The second-order valence-corrected chi connectivity index (χ2v) is 7.16. The topological polar surface area (TPSA) is 64.6 Å². The third kappa shape index (κ3) is 3.97. The van der Waals surface area contributed by atoms with Gasteiger partial charge in [-0.15, -0.1) is 0 Å². The Balaban J connectivity index is 2.23. The summed E-state index contributed by atoms with van der Waals surface area (Å²) in [5, 5.41) is 4.17. The summed E-state index contributed by atoms with van der Waals surface area (Å²) in [6.45, 7) is -2.23. The Kier molecular flexibility index (Phi) is 4.88. The first-order chi connectivity index (χ1) is 9.93. The van der Waals surface area contributed by atoms with E-state index in [4.69, 9.17) is 15.8 Å². The molecule has 0 bridgehead atoms. The van der Waals surface area contributed by atoms with Gasteiger partial charge in [0.15, 0.2) is 0 Å². The summed E-state index contributed by atoms with van der Waals surface area (Å²) < 4.78 is 22.2. The number of carbonyl (C=O) groups is 1. The van der Waals surface area contributed by atoms with Crippen LogP contribution in [0.4, 0.5) is 0 Å². The SMILES string of the molecule is COC(=O)[C@H](C)N[P@](=O)(Cl)Oc1cccc2ccccc12. The van der Waals surface area contributed by atoms with Crippen molar-refractivity contribution >= 4 is 34.9 Å². The summed E-state index contributed by atoms with van der Waals surface area (Å²) in [4.78, 5) is 11.3. The van der Waals surface area contributed by atoms with E-state index in [2.05, 4.69) is 9.82 Å². The zero-order chi connectivity index (χ0) is 15.5. The highest BCUT2D eigenvalue weighted by Gasteiger charge is 2.28. The summed E-state index contributed by atoms with van der Waals surface area (Å²) in [6, 6.07) is 12.0. The average Bonchev–Trinajstić information content (AvgIpc) is 2.46. The van der Waals surface area contributed by atoms with Crippen molar-refractivity contribution in [1.29, 1.82) is 0 Å². The number of fused-ring (bicyclic) bond motifs is 1. The molecule has 0 amide bonds. The predicted molar refractivity (Wildman–Crippen MR) is 82.6 cm³/mol. The van der Waals surface area contributed by atoms with Crippen molar-refractivity contribution in [1.82, 2.24) is 5.09 Å². The van der Waals surface area contributed by atoms with Crippen molar-refractivity contribution in [3.8, 4) is 5.75 Å². The van der Waals surface area contributed by atoms with E-state index in [0.717, 1.165) is 10.8 Å². The number of halogens is 1. The van der Waals surface area contributed by atoms with E-state index >= 15 is 0 Å². The number of hydrogen-bond acceptors (Lipinski definition) is 4. The number of nitrogens with one attached hydrogen (secondary N) is 1. The van der Waals surface area contributed by atoms with Gasteiger partial charge < -0.3 is 9.26 Å². The average molecular weight is 328 g/mol. The largest absolute Gasteiger partial charge is 0.468 e. The number of ether oxygens (including phenoxy) is 1. The molecule has 0 aliphatic carbocycles. The van der Waals surface area contributed by atoms with Crippen LogP contribution in [0.25, 0.3) is 10.8 Å². The Morgan fingerprint density at radius 3 is 2.62 bits per heavy atom. The number of esters is 1. The van der Waals surface area contributed by atoms with E-state index in [9.17, 15) is 9.36 Å². The normalized spacial score (nSPS) is 15.2. The molecule has 2 atom stereocenters. The highest BCUT2D eigenvalue weighted by molar-refractivity contribution is 7.84. The molecule has 5 nitrogen and oxygen atoms in total. The van der Waals surface area contributed by atoms with Gasteiger partial charge in [-0.05, 0) is 18.4 Å². The van der Waals surface area contributed by atoms with Crippen LogP contribution in [0.5, 0.6) is 5.75 Å². The van der Waals surface area contributed by atoms with Gasteiger partial charge in [-0.2, -0.15) is 0 Å². The van der Waals surface area contributed by atoms with Gasteiger partial charge in [0.05, 0.1) is 7.11 Å². The Labute approximate surface area is 127 Å². The van der Waals surface area contributed by atoms with E-state index in [1.807, 2.05) is 30.3 Å². The lowest BCUT2D eigenvalue weighted by Crippen LogP contribution is -2.32. The van der Waals surface area contributed by atoms with E-state index in [1.165, 1.54) is 14.0 Å². The summed E-state index contributed by atoms with van der Waals surface area (Å²) >= 11 is 5.88. The van der Waals surface area contributed by atoms with Gasteiger partial charge in [-0.1, -0.05) is 36.4 Å². The maximum Gasteiger partial charge on any atom is 0.409 e. The zero-order valence-electron chi connectivity index (χ0n) is 11.6. The molecule has 112 valence electrons. The third-order valence-electron chi connectivity index (χ3n) is 2.87. The number of rotatable bonds is 5. The molecule has 0 aliphatic heterocycles. The van der Waals surface area contributed by atoms with Gasteiger partial charge in [0.1, 0.15) is 11.8 Å². The van der Waals surface area contributed by atoms with Gasteiger partial charge in [0.2, 0.25) is 0 Å². The monoisotopic (exact) mass is 327 g/mol. The molecule has 0 aliphatic rings. The smallest absolute Gasteiger partial charge is 0.409 e. The molecule has 0 fully saturated rings.